The van der Waals surface area contributed by atoms with E-state index in [2.05, 4.69) is 50.5 Å². The number of aliphatic hydroxyl groups is 1. The second-order valence-corrected chi connectivity index (χ2v) is 7.46. The number of halogens is 2. The molecule has 4 nitrogen and oxygen atoms in total. The van der Waals surface area contributed by atoms with Gasteiger partial charge >= 0.3 is 0 Å². The molecule has 1 heterocycles. The van der Waals surface area contributed by atoms with Gasteiger partial charge in [0.1, 0.15) is 0 Å². The maximum Gasteiger partial charge on any atom is 0.255 e. The summed E-state index contributed by atoms with van der Waals surface area (Å²) in [5.74, 6) is 0.0179. The van der Waals surface area contributed by atoms with Crippen LogP contribution in [-0.2, 0) is 0 Å². The number of hydrogen-bond donors (Lipinski definition) is 1. The van der Waals surface area contributed by atoms with E-state index in [0.29, 0.717) is 12.1 Å². The number of aliphatic hydroxyl groups excluding tert-OH is 1. The second-order valence-electron chi connectivity index (χ2n) is 5.38. The molecule has 1 fully saturated rings. The molecule has 116 valence electrons. The Labute approximate surface area is 147 Å². The number of hydrogen-bond acceptors (Lipinski definition) is 3. The third-order valence-electron chi connectivity index (χ3n) is 3.89. The minimum atomic E-state index is 0.00264. The summed E-state index contributed by atoms with van der Waals surface area (Å²) in [6, 6.07) is 5.95. The maximum absolute atomic E-state index is 12.9. The fraction of sp³-hybridized carbons (Fsp3) is 0.533. The van der Waals surface area contributed by atoms with E-state index in [4.69, 9.17) is 0 Å². The smallest absolute Gasteiger partial charge is 0.255 e. The molecular weight excluding hydrogens is 447 g/mol. The number of amides is 1. The SMILES string of the molecule is CN1CCC(N(CCO)C(=O)c2cc(Br)ccc2I)CC1. The number of carbonyl (C=O) groups is 1. The van der Waals surface area contributed by atoms with Crippen molar-refractivity contribution in [3.8, 4) is 0 Å². The number of rotatable bonds is 4. The number of nitrogens with zero attached hydrogens (tertiary/aromatic N) is 2. The van der Waals surface area contributed by atoms with Crippen LogP contribution in [0.3, 0.4) is 0 Å². The van der Waals surface area contributed by atoms with E-state index in [9.17, 15) is 9.90 Å². The van der Waals surface area contributed by atoms with Crippen LogP contribution in [-0.4, -0.2) is 60.1 Å². The summed E-state index contributed by atoms with van der Waals surface area (Å²) in [5, 5.41) is 9.32. The summed E-state index contributed by atoms with van der Waals surface area (Å²) in [6.07, 6.45) is 1.93. The molecule has 0 spiro atoms. The van der Waals surface area contributed by atoms with E-state index in [-0.39, 0.29) is 18.6 Å². The first-order valence-corrected chi connectivity index (χ1v) is 8.95. The molecule has 0 unspecified atom stereocenters. The molecule has 1 N–H and O–H groups in total. The summed E-state index contributed by atoms with van der Waals surface area (Å²) in [4.78, 5) is 17.0. The Morgan fingerprint density at radius 3 is 2.76 bits per heavy atom. The second kappa shape index (κ2) is 7.89. The van der Waals surface area contributed by atoms with Crippen molar-refractivity contribution < 1.29 is 9.90 Å². The summed E-state index contributed by atoms with van der Waals surface area (Å²) in [5.41, 5.74) is 0.706. The van der Waals surface area contributed by atoms with E-state index in [0.717, 1.165) is 34.0 Å². The van der Waals surface area contributed by atoms with Crippen LogP contribution >= 0.6 is 38.5 Å². The van der Waals surface area contributed by atoms with Crippen LogP contribution in [0.15, 0.2) is 22.7 Å². The molecule has 0 aliphatic carbocycles. The molecule has 0 atom stereocenters. The standard InChI is InChI=1S/C15H20BrIN2O2/c1-18-6-4-12(5-7-18)19(8-9-20)15(21)13-10-11(16)2-3-14(13)17/h2-3,10,12,20H,4-9H2,1H3. The first kappa shape index (κ1) is 17.2. The molecular formula is C15H20BrIN2O2. The van der Waals surface area contributed by atoms with E-state index < -0.39 is 0 Å². The van der Waals surface area contributed by atoms with Crippen LogP contribution in [0.5, 0.6) is 0 Å². The fourth-order valence-corrected chi connectivity index (χ4v) is 3.61. The average molecular weight is 467 g/mol. The predicted molar refractivity (Wildman–Crippen MR) is 95.5 cm³/mol. The van der Waals surface area contributed by atoms with Crippen molar-refractivity contribution in [1.82, 2.24) is 9.80 Å². The zero-order chi connectivity index (χ0) is 15.4. The molecule has 0 radical (unpaired) electrons. The highest BCUT2D eigenvalue weighted by Crippen LogP contribution is 2.23. The van der Waals surface area contributed by atoms with Crippen LogP contribution < -0.4 is 0 Å². The summed E-state index contributed by atoms with van der Waals surface area (Å²) < 4.78 is 1.84. The molecule has 1 saturated heterocycles. The topological polar surface area (TPSA) is 43.8 Å². The van der Waals surface area contributed by atoms with Crippen LogP contribution in [0.2, 0.25) is 0 Å². The number of benzene rings is 1. The van der Waals surface area contributed by atoms with Crippen molar-refractivity contribution in [3.05, 3.63) is 31.8 Å². The third-order valence-corrected chi connectivity index (χ3v) is 5.32. The fourth-order valence-electron chi connectivity index (χ4n) is 2.68. The monoisotopic (exact) mass is 466 g/mol. The number of carbonyl (C=O) groups excluding carboxylic acids is 1. The van der Waals surface area contributed by atoms with Gasteiger partial charge in [-0.3, -0.25) is 4.79 Å². The molecule has 6 heteroatoms. The molecule has 1 aromatic carbocycles. The van der Waals surface area contributed by atoms with Crippen molar-refractivity contribution in [3.63, 3.8) is 0 Å². The lowest BCUT2D eigenvalue weighted by Crippen LogP contribution is -2.47. The molecule has 1 aromatic rings. The first-order chi connectivity index (χ1) is 10.0. The Bertz CT molecular complexity index is 504. The van der Waals surface area contributed by atoms with Crippen molar-refractivity contribution in [2.24, 2.45) is 0 Å². The zero-order valence-corrected chi connectivity index (χ0v) is 15.8. The molecule has 1 amide bonds. The van der Waals surface area contributed by atoms with Gasteiger partial charge in [-0.15, -0.1) is 0 Å². The minimum absolute atomic E-state index is 0.00264. The van der Waals surface area contributed by atoms with Crippen molar-refractivity contribution in [1.29, 1.82) is 0 Å². The average Bonchev–Trinajstić information content (AvgIpc) is 2.48. The van der Waals surface area contributed by atoms with Gasteiger partial charge in [-0.05, 0) is 73.8 Å². The van der Waals surface area contributed by atoms with Crippen LogP contribution in [0.25, 0.3) is 0 Å². The molecule has 0 aromatic heterocycles. The van der Waals surface area contributed by atoms with Gasteiger partial charge in [0.15, 0.2) is 0 Å². The lowest BCUT2D eigenvalue weighted by atomic mass is 10.0. The van der Waals surface area contributed by atoms with Crippen LogP contribution in [0.4, 0.5) is 0 Å². The zero-order valence-electron chi connectivity index (χ0n) is 12.1. The van der Waals surface area contributed by atoms with Gasteiger partial charge in [0.05, 0.1) is 12.2 Å². The van der Waals surface area contributed by atoms with Gasteiger partial charge in [-0.25, -0.2) is 0 Å². The van der Waals surface area contributed by atoms with Crippen LogP contribution in [0.1, 0.15) is 23.2 Å². The summed E-state index contributed by atoms with van der Waals surface area (Å²) in [7, 11) is 2.10. The van der Waals surface area contributed by atoms with Gasteiger partial charge < -0.3 is 14.9 Å². The highest BCUT2D eigenvalue weighted by atomic mass is 127. The normalized spacial score (nSPS) is 17.0. The highest BCUT2D eigenvalue weighted by molar-refractivity contribution is 14.1. The Morgan fingerprint density at radius 2 is 2.14 bits per heavy atom. The van der Waals surface area contributed by atoms with Gasteiger partial charge in [0.25, 0.3) is 5.91 Å². The maximum atomic E-state index is 12.9. The van der Waals surface area contributed by atoms with Gasteiger partial charge in [-0.1, -0.05) is 15.9 Å². The highest BCUT2D eigenvalue weighted by Gasteiger charge is 2.28. The quantitative estimate of drug-likeness (QED) is 0.693. The Balaban J connectivity index is 2.20. The summed E-state index contributed by atoms with van der Waals surface area (Å²) >= 11 is 5.62. The van der Waals surface area contributed by atoms with E-state index in [1.54, 1.807) is 0 Å². The largest absolute Gasteiger partial charge is 0.395 e. The summed E-state index contributed by atoms with van der Waals surface area (Å²) in [6.45, 7) is 2.39. The Hall–Kier alpha value is -0.180. The minimum Gasteiger partial charge on any atom is -0.395 e. The lowest BCUT2D eigenvalue weighted by molar-refractivity contribution is 0.0539. The van der Waals surface area contributed by atoms with E-state index in [1.807, 2.05) is 23.1 Å². The van der Waals surface area contributed by atoms with E-state index >= 15 is 0 Å². The first-order valence-electron chi connectivity index (χ1n) is 7.08. The van der Waals surface area contributed by atoms with Crippen LogP contribution in [0, 0.1) is 3.57 Å². The van der Waals surface area contributed by atoms with Crippen molar-refractivity contribution in [2.45, 2.75) is 18.9 Å². The molecule has 1 aliphatic rings. The third kappa shape index (κ3) is 4.40. The van der Waals surface area contributed by atoms with Crippen molar-refractivity contribution in [2.75, 3.05) is 33.3 Å². The van der Waals surface area contributed by atoms with Gasteiger partial charge in [0, 0.05) is 20.6 Å². The molecule has 2 rings (SSSR count). The van der Waals surface area contributed by atoms with E-state index in [1.165, 1.54) is 0 Å². The number of piperidine rings is 1. The Kier molecular flexibility index (Phi) is 6.46. The number of likely N-dealkylation sites (tertiary alicyclic amines) is 1. The molecule has 0 bridgehead atoms. The lowest BCUT2D eigenvalue weighted by Gasteiger charge is -2.37. The molecule has 0 saturated carbocycles. The molecule has 1 aliphatic heterocycles. The van der Waals surface area contributed by atoms with Gasteiger partial charge in [-0.2, -0.15) is 0 Å². The van der Waals surface area contributed by atoms with Crippen molar-refractivity contribution >= 4 is 44.4 Å². The molecule has 21 heavy (non-hydrogen) atoms. The Morgan fingerprint density at radius 1 is 1.48 bits per heavy atom. The predicted octanol–water partition coefficient (Wildman–Crippen LogP) is 2.58. The van der Waals surface area contributed by atoms with Gasteiger partial charge in [0.2, 0.25) is 0 Å².